The van der Waals surface area contributed by atoms with Crippen molar-refractivity contribution in [1.29, 1.82) is 0 Å². The summed E-state index contributed by atoms with van der Waals surface area (Å²) in [6, 6.07) is 35.1. The Balaban J connectivity index is 0.00000280. The predicted octanol–water partition coefficient (Wildman–Crippen LogP) is 14.6. The van der Waals surface area contributed by atoms with Crippen LogP contribution >= 0.6 is 36.6 Å². The summed E-state index contributed by atoms with van der Waals surface area (Å²) in [7, 11) is 0. The summed E-state index contributed by atoms with van der Waals surface area (Å²) >= 11 is -1.74. The molecule has 1 heterocycles. The molecule has 0 aromatic heterocycles. The van der Waals surface area contributed by atoms with Crippen molar-refractivity contribution in [1.82, 2.24) is 0 Å². The van der Waals surface area contributed by atoms with Gasteiger partial charge in [0.1, 0.15) is 0 Å². The largest absolute Gasteiger partial charge is 0.147 e. The molecule has 5 heteroatoms. The van der Waals surface area contributed by atoms with Crippen LogP contribution in [0.15, 0.2) is 122 Å². The van der Waals surface area contributed by atoms with E-state index >= 15 is 0 Å². The Labute approximate surface area is 345 Å². The number of rotatable bonds is 6. The van der Waals surface area contributed by atoms with Crippen LogP contribution in [0.1, 0.15) is 101 Å². The van der Waals surface area contributed by atoms with Crippen LogP contribution in [0, 0.1) is 5.92 Å². The van der Waals surface area contributed by atoms with Crippen LogP contribution in [0.3, 0.4) is 0 Å². The molecule has 7 rings (SSSR count). The average Bonchev–Trinajstić information content (AvgIpc) is 3.72. The average molecular weight is 871 g/mol. The molecule has 284 valence electrons. The number of hydrogen-bond donors (Lipinski definition) is 0. The Hall–Kier alpha value is -2.13. The normalized spacial score (nSPS) is 18.6. The van der Waals surface area contributed by atoms with Crippen molar-refractivity contribution in [2.45, 2.75) is 98.2 Å². The zero-order valence-corrected chi connectivity index (χ0v) is 40.8. The molecule has 1 aliphatic heterocycles. The van der Waals surface area contributed by atoms with E-state index in [-0.39, 0.29) is 35.6 Å². The van der Waals surface area contributed by atoms with Gasteiger partial charge in [-0.15, -0.1) is 24.8 Å². The van der Waals surface area contributed by atoms with E-state index in [1.807, 2.05) is 0 Å². The summed E-state index contributed by atoms with van der Waals surface area (Å²) < 4.78 is 7.73. The molecule has 0 radical (unpaired) electrons. The van der Waals surface area contributed by atoms with Gasteiger partial charge in [0, 0.05) is 0 Å². The van der Waals surface area contributed by atoms with Gasteiger partial charge in [0.05, 0.1) is 0 Å². The van der Waals surface area contributed by atoms with Crippen LogP contribution in [-0.4, -0.2) is 12.1 Å². The summed E-state index contributed by atoms with van der Waals surface area (Å²) in [5.41, 5.74) is 18.8. The van der Waals surface area contributed by atoms with Crippen molar-refractivity contribution < 1.29 is 17.4 Å². The fourth-order valence-corrected chi connectivity index (χ4v) is 32.2. The Bertz CT molecular complexity index is 2280. The molecule has 2 aliphatic carbocycles. The molecule has 0 fully saturated rings. The zero-order valence-electron chi connectivity index (χ0n) is 34.5. The Kier molecular flexibility index (Phi) is 11.9. The number of fused-ring (bicyclic) bond motifs is 2. The molecule has 0 bridgehead atoms. The summed E-state index contributed by atoms with van der Waals surface area (Å²) in [5, 5.41) is 0.444. The van der Waals surface area contributed by atoms with Crippen LogP contribution in [0.2, 0.25) is 9.26 Å². The van der Waals surface area contributed by atoms with E-state index in [9.17, 15) is 0 Å². The van der Waals surface area contributed by atoms with Gasteiger partial charge in [0.2, 0.25) is 0 Å². The molecule has 0 nitrogen and oxygen atoms in total. The van der Waals surface area contributed by atoms with Gasteiger partial charge in [0.25, 0.3) is 0 Å². The Morgan fingerprint density at radius 3 is 1.74 bits per heavy atom. The number of thioether (sulfide) groups is 1. The van der Waals surface area contributed by atoms with E-state index in [2.05, 4.69) is 200 Å². The molecule has 2 atom stereocenters. The van der Waals surface area contributed by atoms with Gasteiger partial charge in [-0.3, -0.25) is 0 Å². The summed E-state index contributed by atoms with van der Waals surface area (Å²) in [5.74, 6) is 0.473. The van der Waals surface area contributed by atoms with Crippen LogP contribution in [0.5, 0.6) is 0 Å². The minimum absolute atomic E-state index is 0. The fourth-order valence-electron chi connectivity index (χ4n) is 9.37. The molecule has 4 aromatic carbocycles. The first kappa shape index (κ1) is 43.0. The van der Waals surface area contributed by atoms with E-state index in [1.165, 1.54) is 55.7 Å². The predicted molar refractivity (Wildman–Crippen MR) is 246 cm³/mol. The molecule has 2 unspecified atom stereocenters. The molecule has 0 N–H and O–H groups in total. The van der Waals surface area contributed by atoms with Crippen molar-refractivity contribution in [3.05, 3.63) is 150 Å². The monoisotopic (exact) mass is 868 g/mol. The molecule has 0 saturated heterocycles. The molecule has 0 spiro atoms. The van der Waals surface area contributed by atoms with E-state index < -0.39 is 17.4 Å². The van der Waals surface area contributed by atoms with Crippen molar-refractivity contribution in [3.8, 4) is 22.3 Å². The molecule has 3 aliphatic rings. The minimum atomic E-state index is -3.88. The maximum atomic E-state index is 2.77. The smallest absolute Gasteiger partial charge is 0.147 e. The van der Waals surface area contributed by atoms with Crippen LogP contribution in [0.4, 0.5) is 0 Å². The van der Waals surface area contributed by atoms with Gasteiger partial charge in [-0.1, -0.05) is 0 Å². The maximum absolute atomic E-state index is 3.88. The standard InChI is InChI=1S/C30H33.C17H17S.2CH3.2ClH.H2Si.Zr/c1-20-16-24-18-23(21-8-12-25(13-9-21)29(2,3)4)19-28(27(24)17-20)22-10-14-26(15-11-22)30(5,6)7;1-11(2)14-9-15-16(10-14)18-12(3)17(15)13-7-5-4-6-8-13;;;;;;/h8-19H,1-7H3;4-9,11-12H,1-3H3;2*1H3;2*1H;1H2;. The van der Waals surface area contributed by atoms with Crippen LogP contribution in [0.25, 0.3) is 33.9 Å². The number of benzene rings is 4. The van der Waals surface area contributed by atoms with E-state index in [0.29, 0.717) is 14.8 Å². The quantitative estimate of drug-likeness (QED) is 0.174. The number of hydrogen-bond acceptors (Lipinski definition) is 1. The van der Waals surface area contributed by atoms with Gasteiger partial charge in [-0.2, -0.15) is 0 Å². The third kappa shape index (κ3) is 7.52. The fraction of sp³-hybridized carbons (Fsp3) is 0.347. The second-order valence-electron chi connectivity index (χ2n) is 19.2. The molecule has 4 aromatic rings. The third-order valence-electron chi connectivity index (χ3n) is 12.0. The van der Waals surface area contributed by atoms with Gasteiger partial charge >= 0.3 is 324 Å². The summed E-state index contributed by atoms with van der Waals surface area (Å²) in [6.07, 6.45) is 5.19. The maximum Gasteiger partial charge on any atom is -0.147 e. The van der Waals surface area contributed by atoms with Crippen molar-refractivity contribution in [2.24, 2.45) is 5.92 Å². The first-order chi connectivity index (χ1) is 24.2. The van der Waals surface area contributed by atoms with Crippen molar-refractivity contribution >= 4 is 55.1 Å². The Morgan fingerprint density at radius 1 is 0.685 bits per heavy atom. The number of halogens is 2. The first-order valence-corrected chi connectivity index (χ1v) is 33.7. The van der Waals surface area contributed by atoms with Crippen molar-refractivity contribution in [2.75, 3.05) is 0 Å². The van der Waals surface area contributed by atoms with Crippen LogP contribution in [-0.2, 0) is 28.2 Å². The van der Waals surface area contributed by atoms with Gasteiger partial charge in [-0.25, -0.2) is 0 Å². The van der Waals surface area contributed by atoms with E-state index in [0.717, 1.165) is 0 Å². The first-order valence-electron chi connectivity index (χ1n) is 19.3. The second kappa shape index (κ2) is 15.0. The molecule has 54 heavy (non-hydrogen) atoms. The minimum Gasteiger partial charge on any atom is -0.147 e. The van der Waals surface area contributed by atoms with Gasteiger partial charge in [0.15, 0.2) is 0 Å². The molecular weight excluding hydrogens is 811 g/mol. The van der Waals surface area contributed by atoms with Gasteiger partial charge in [-0.05, 0) is 0 Å². The summed E-state index contributed by atoms with van der Waals surface area (Å²) in [6.45, 7) is 26.0. The topological polar surface area (TPSA) is 0 Å². The molecule has 0 amide bonds. The second-order valence-corrected chi connectivity index (χ2v) is 49.9. The molecular formula is C49H60Cl2SSiZr. The zero-order chi connectivity index (χ0) is 37.6. The van der Waals surface area contributed by atoms with Gasteiger partial charge < -0.3 is 0 Å². The van der Waals surface area contributed by atoms with Crippen molar-refractivity contribution in [3.63, 3.8) is 0 Å². The third-order valence-corrected chi connectivity index (χ3v) is 30.0. The van der Waals surface area contributed by atoms with E-state index in [1.54, 1.807) is 24.9 Å². The molecule has 0 saturated carbocycles. The SMILES string of the molecule is CC1=Cc2c(-c3ccc(C(C)(C)C)cc3)cc(-c3ccc(C(C)(C)C)cc3)cc2[CH]1[Zr]([CH3])([CH3])(=[SiH2])[C]1=C2SC(C)C(c3ccccc3)=C2C=C1C(C)C.Cl.Cl. The van der Waals surface area contributed by atoms with Crippen LogP contribution < -0.4 is 0 Å². The summed E-state index contributed by atoms with van der Waals surface area (Å²) in [4.78, 5) is 1.59. The number of allylic oxidation sites excluding steroid dienone is 5. The Morgan fingerprint density at radius 2 is 1.22 bits per heavy atom. The van der Waals surface area contributed by atoms with E-state index in [4.69, 9.17) is 0 Å².